The second-order valence-electron chi connectivity index (χ2n) is 3.42. The predicted octanol–water partition coefficient (Wildman–Crippen LogP) is 3.70. The summed E-state index contributed by atoms with van der Waals surface area (Å²) in [5.41, 5.74) is 0.922. The van der Waals surface area contributed by atoms with Crippen LogP contribution in [0.2, 0.25) is 0 Å². The van der Waals surface area contributed by atoms with Gasteiger partial charge in [0.05, 0.1) is 0 Å². The van der Waals surface area contributed by atoms with E-state index in [0.717, 1.165) is 16.5 Å². The maximum atomic E-state index is 13.0. The fourth-order valence-corrected chi connectivity index (χ4v) is 2.12. The summed E-state index contributed by atoms with van der Waals surface area (Å²) in [6.07, 6.45) is 0.972. The number of halogens is 3. The first kappa shape index (κ1) is 12.9. The highest BCUT2D eigenvalue weighted by Crippen LogP contribution is 2.15. The second kappa shape index (κ2) is 6.46. The van der Waals surface area contributed by atoms with Crippen LogP contribution >= 0.6 is 27.5 Å². The van der Waals surface area contributed by atoms with Crippen LogP contribution in [0.3, 0.4) is 0 Å². The third kappa shape index (κ3) is 4.49. The summed E-state index contributed by atoms with van der Waals surface area (Å²) in [6, 6.07) is 5.16. The molecule has 0 aliphatic heterocycles. The first-order chi connectivity index (χ1) is 7.15. The Hall–Kier alpha value is -0.120. The molecule has 0 spiro atoms. The number of hydrogen-bond donors (Lipinski definition) is 1. The molecule has 1 aromatic carbocycles. The van der Waals surface area contributed by atoms with Crippen LogP contribution in [0.5, 0.6) is 0 Å². The molecular formula is C11H14BrClFN. The number of alkyl halides is 1. The molecule has 15 heavy (non-hydrogen) atoms. The van der Waals surface area contributed by atoms with E-state index in [4.69, 9.17) is 11.6 Å². The summed E-state index contributed by atoms with van der Waals surface area (Å²) in [6.45, 7) is 2.71. The van der Waals surface area contributed by atoms with E-state index < -0.39 is 0 Å². The molecule has 0 aromatic heterocycles. The van der Waals surface area contributed by atoms with Crippen molar-refractivity contribution in [2.24, 2.45) is 0 Å². The van der Waals surface area contributed by atoms with E-state index in [1.54, 1.807) is 0 Å². The predicted molar refractivity (Wildman–Crippen MR) is 65.7 cm³/mol. The third-order valence-corrected chi connectivity index (χ3v) is 3.03. The SMILES string of the molecule is CCC(CCl)NCc1cc(F)cc(Br)c1. The molecule has 0 amide bonds. The van der Waals surface area contributed by atoms with Crippen LogP contribution in [0.1, 0.15) is 18.9 Å². The first-order valence-electron chi connectivity index (χ1n) is 4.90. The Kier molecular flexibility index (Phi) is 5.58. The number of rotatable bonds is 5. The zero-order valence-corrected chi connectivity index (χ0v) is 10.9. The second-order valence-corrected chi connectivity index (χ2v) is 4.64. The fraction of sp³-hybridized carbons (Fsp3) is 0.455. The Balaban J connectivity index is 2.57. The van der Waals surface area contributed by atoms with Crippen LogP contribution in [-0.4, -0.2) is 11.9 Å². The van der Waals surface area contributed by atoms with E-state index >= 15 is 0 Å². The molecule has 1 unspecified atom stereocenters. The van der Waals surface area contributed by atoms with E-state index in [-0.39, 0.29) is 11.9 Å². The first-order valence-corrected chi connectivity index (χ1v) is 6.22. The van der Waals surface area contributed by atoms with Gasteiger partial charge in [0.1, 0.15) is 5.82 Å². The lowest BCUT2D eigenvalue weighted by molar-refractivity contribution is 0.536. The topological polar surface area (TPSA) is 12.0 Å². The lowest BCUT2D eigenvalue weighted by Crippen LogP contribution is -2.29. The Bertz CT molecular complexity index is 295. The van der Waals surface area contributed by atoms with Crippen molar-refractivity contribution >= 4 is 27.5 Å². The highest BCUT2D eigenvalue weighted by atomic mass is 79.9. The molecule has 84 valence electrons. The third-order valence-electron chi connectivity index (χ3n) is 2.20. The molecule has 0 saturated heterocycles. The minimum Gasteiger partial charge on any atom is -0.309 e. The van der Waals surface area contributed by atoms with Crippen LogP contribution in [-0.2, 0) is 6.54 Å². The van der Waals surface area contributed by atoms with Gasteiger partial charge in [-0.05, 0) is 30.2 Å². The molecule has 1 rings (SSSR count). The summed E-state index contributed by atoms with van der Waals surface area (Å²) in [4.78, 5) is 0. The van der Waals surface area contributed by atoms with Crippen LogP contribution in [0.4, 0.5) is 4.39 Å². The smallest absolute Gasteiger partial charge is 0.124 e. The molecule has 0 saturated carbocycles. The van der Waals surface area contributed by atoms with Crippen LogP contribution in [0.25, 0.3) is 0 Å². The van der Waals surface area contributed by atoms with E-state index in [9.17, 15) is 4.39 Å². The molecule has 1 aromatic rings. The van der Waals surface area contributed by atoms with Gasteiger partial charge in [0.15, 0.2) is 0 Å². The lowest BCUT2D eigenvalue weighted by Gasteiger charge is -2.13. The number of nitrogens with one attached hydrogen (secondary N) is 1. The van der Waals surface area contributed by atoms with Crippen molar-refractivity contribution in [2.45, 2.75) is 25.9 Å². The molecule has 0 aliphatic carbocycles. The molecular weight excluding hydrogens is 280 g/mol. The summed E-state index contributed by atoms with van der Waals surface area (Å²) >= 11 is 9.01. The van der Waals surface area contributed by atoms with Gasteiger partial charge >= 0.3 is 0 Å². The maximum absolute atomic E-state index is 13.0. The van der Waals surface area contributed by atoms with E-state index in [0.29, 0.717) is 12.4 Å². The van der Waals surface area contributed by atoms with E-state index in [1.807, 2.05) is 6.07 Å². The fourth-order valence-electron chi connectivity index (χ4n) is 1.28. The van der Waals surface area contributed by atoms with Gasteiger partial charge < -0.3 is 5.32 Å². The Morgan fingerprint density at radius 1 is 1.47 bits per heavy atom. The Morgan fingerprint density at radius 2 is 2.20 bits per heavy atom. The minimum atomic E-state index is -0.222. The highest BCUT2D eigenvalue weighted by molar-refractivity contribution is 9.10. The number of hydrogen-bond acceptors (Lipinski definition) is 1. The maximum Gasteiger partial charge on any atom is 0.124 e. The van der Waals surface area contributed by atoms with Gasteiger partial charge in [-0.3, -0.25) is 0 Å². The van der Waals surface area contributed by atoms with Crippen molar-refractivity contribution in [3.63, 3.8) is 0 Å². The zero-order valence-electron chi connectivity index (χ0n) is 8.56. The van der Waals surface area contributed by atoms with E-state index in [1.165, 1.54) is 12.1 Å². The van der Waals surface area contributed by atoms with E-state index in [2.05, 4.69) is 28.2 Å². The van der Waals surface area contributed by atoms with Gasteiger partial charge in [-0.15, -0.1) is 11.6 Å². The monoisotopic (exact) mass is 293 g/mol. The van der Waals surface area contributed by atoms with Crippen LogP contribution in [0.15, 0.2) is 22.7 Å². The summed E-state index contributed by atoms with van der Waals surface area (Å²) < 4.78 is 13.8. The Morgan fingerprint density at radius 3 is 2.73 bits per heavy atom. The molecule has 1 nitrogen and oxygen atoms in total. The molecule has 0 heterocycles. The highest BCUT2D eigenvalue weighted by Gasteiger charge is 2.04. The standard InChI is InChI=1S/C11H14BrClFN/c1-2-11(6-13)15-7-8-3-9(12)5-10(14)4-8/h3-5,11,15H,2,6-7H2,1H3. The van der Waals surface area contributed by atoms with Gasteiger partial charge in [0.25, 0.3) is 0 Å². The molecule has 1 N–H and O–H groups in total. The average molecular weight is 295 g/mol. The van der Waals surface area contributed by atoms with Gasteiger partial charge in [0, 0.05) is 22.9 Å². The van der Waals surface area contributed by atoms with Crippen molar-refractivity contribution in [3.8, 4) is 0 Å². The Labute approximate surface area is 103 Å². The van der Waals surface area contributed by atoms with Crippen molar-refractivity contribution in [3.05, 3.63) is 34.1 Å². The van der Waals surface area contributed by atoms with Crippen LogP contribution in [0, 0.1) is 5.82 Å². The minimum absolute atomic E-state index is 0.222. The van der Waals surface area contributed by atoms with Crippen molar-refractivity contribution < 1.29 is 4.39 Å². The molecule has 4 heteroatoms. The number of benzene rings is 1. The quantitative estimate of drug-likeness (QED) is 0.817. The molecule has 0 fully saturated rings. The van der Waals surface area contributed by atoms with Crippen LogP contribution < -0.4 is 5.32 Å². The van der Waals surface area contributed by atoms with Crippen molar-refractivity contribution in [2.75, 3.05) is 5.88 Å². The average Bonchev–Trinajstić information content (AvgIpc) is 2.18. The van der Waals surface area contributed by atoms with Crippen molar-refractivity contribution in [1.29, 1.82) is 0 Å². The van der Waals surface area contributed by atoms with Crippen molar-refractivity contribution in [1.82, 2.24) is 5.32 Å². The zero-order chi connectivity index (χ0) is 11.3. The summed E-state index contributed by atoms with van der Waals surface area (Å²) in [5, 5.41) is 3.27. The van der Waals surface area contributed by atoms with Gasteiger partial charge in [-0.25, -0.2) is 4.39 Å². The molecule has 0 bridgehead atoms. The molecule has 0 radical (unpaired) electrons. The summed E-state index contributed by atoms with van der Waals surface area (Å²) in [7, 11) is 0. The normalized spacial score (nSPS) is 12.8. The lowest BCUT2D eigenvalue weighted by atomic mass is 10.2. The van der Waals surface area contributed by atoms with Gasteiger partial charge in [-0.1, -0.05) is 22.9 Å². The van der Waals surface area contributed by atoms with Gasteiger partial charge in [0.2, 0.25) is 0 Å². The largest absolute Gasteiger partial charge is 0.309 e. The molecule has 0 aliphatic rings. The molecule has 1 atom stereocenters. The summed E-state index contributed by atoms with van der Waals surface area (Å²) in [5.74, 6) is 0.354. The van der Waals surface area contributed by atoms with Gasteiger partial charge in [-0.2, -0.15) is 0 Å².